The summed E-state index contributed by atoms with van der Waals surface area (Å²) in [5.41, 5.74) is 0.154. The number of pyridine rings is 1. The summed E-state index contributed by atoms with van der Waals surface area (Å²) in [5, 5.41) is 11.0. The molecule has 0 saturated carbocycles. The minimum atomic E-state index is -4.26. The van der Waals surface area contributed by atoms with E-state index in [9.17, 15) is 22.4 Å². The number of nitrogens with one attached hydrogen (secondary N) is 1. The number of nitrogens with zero attached hydrogens (tertiary/aromatic N) is 1. The van der Waals surface area contributed by atoms with E-state index in [1.54, 1.807) is 0 Å². The van der Waals surface area contributed by atoms with Gasteiger partial charge in [0.25, 0.3) is 5.91 Å². The number of halogens is 4. The first kappa shape index (κ1) is 17.2. The fourth-order valence-electron chi connectivity index (χ4n) is 1.22. The molecular formula is C12H14F4N2O3. The second kappa shape index (κ2) is 7.77. The van der Waals surface area contributed by atoms with Crippen molar-refractivity contribution in [3.8, 4) is 5.88 Å². The Balaban J connectivity index is 2.52. The Morgan fingerprint density at radius 2 is 2.14 bits per heavy atom. The molecule has 118 valence electrons. The number of carbonyl (C=O) groups excluding carboxylic acids is 1. The van der Waals surface area contributed by atoms with Crippen molar-refractivity contribution in [1.29, 1.82) is 0 Å². The molecule has 1 aromatic rings. The largest absolute Gasteiger partial charge is 0.471 e. The van der Waals surface area contributed by atoms with Gasteiger partial charge in [0.2, 0.25) is 5.88 Å². The minimum absolute atomic E-state index is 0.0658. The Morgan fingerprint density at radius 1 is 1.43 bits per heavy atom. The normalized spacial score (nSPS) is 11.5. The number of carbonyl (C=O) groups is 1. The smallest absolute Gasteiger partial charge is 0.340 e. The molecular weight excluding hydrogens is 296 g/mol. The molecule has 1 aromatic heterocycles. The molecule has 9 heteroatoms. The topological polar surface area (TPSA) is 71.5 Å². The third kappa shape index (κ3) is 5.54. The number of aromatic nitrogens is 1. The highest BCUT2D eigenvalue weighted by molar-refractivity contribution is 5.93. The fraction of sp³-hybridized carbons (Fsp3) is 0.500. The Kier molecular flexibility index (Phi) is 6.35. The number of rotatable bonds is 8. The Morgan fingerprint density at radius 3 is 2.67 bits per heavy atom. The van der Waals surface area contributed by atoms with E-state index in [0.717, 1.165) is 12.3 Å². The molecule has 21 heavy (non-hydrogen) atoms. The van der Waals surface area contributed by atoms with Gasteiger partial charge in [-0.15, -0.1) is 0 Å². The van der Waals surface area contributed by atoms with Gasteiger partial charge in [0.15, 0.2) is 6.61 Å². The molecule has 0 atom stereocenters. The number of amides is 1. The molecule has 1 rings (SSSR count). The van der Waals surface area contributed by atoms with Crippen LogP contribution in [0.3, 0.4) is 0 Å². The van der Waals surface area contributed by atoms with Crippen molar-refractivity contribution in [2.45, 2.75) is 18.8 Å². The van der Waals surface area contributed by atoms with Gasteiger partial charge in [0.1, 0.15) is 0 Å². The van der Waals surface area contributed by atoms with E-state index in [0.29, 0.717) is 6.42 Å². The van der Waals surface area contributed by atoms with Crippen LogP contribution in [-0.4, -0.2) is 48.1 Å². The van der Waals surface area contributed by atoms with Crippen LogP contribution >= 0.6 is 0 Å². The second-order valence-corrected chi connectivity index (χ2v) is 4.07. The molecule has 0 spiro atoms. The number of ether oxygens (including phenoxy) is 1. The van der Waals surface area contributed by atoms with Crippen LogP contribution < -0.4 is 10.1 Å². The van der Waals surface area contributed by atoms with Crippen molar-refractivity contribution in [2.75, 3.05) is 19.8 Å². The van der Waals surface area contributed by atoms with Gasteiger partial charge in [-0.25, -0.2) is 13.8 Å². The first-order valence-electron chi connectivity index (χ1n) is 6.00. The van der Waals surface area contributed by atoms with Crippen molar-refractivity contribution in [3.63, 3.8) is 0 Å². The van der Waals surface area contributed by atoms with Crippen LogP contribution in [0, 0.1) is 0 Å². The van der Waals surface area contributed by atoms with Crippen molar-refractivity contribution in [2.24, 2.45) is 0 Å². The summed E-state index contributed by atoms with van der Waals surface area (Å²) >= 11 is 0. The summed E-state index contributed by atoms with van der Waals surface area (Å²) in [6.45, 7) is -1.29. The molecule has 5 nitrogen and oxygen atoms in total. The van der Waals surface area contributed by atoms with E-state index < -0.39 is 24.9 Å². The van der Waals surface area contributed by atoms with Crippen LogP contribution in [0.25, 0.3) is 0 Å². The van der Waals surface area contributed by atoms with Crippen LogP contribution in [0.2, 0.25) is 0 Å². The fourth-order valence-corrected chi connectivity index (χ4v) is 1.22. The molecule has 0 unspecified atom stereocenters. The van der Waals surface area contributed by atoms with E-state index in [-0.39, 0.29) is 24.6 Å². The maximum Gasteiger partial charge on any atom is 0.340 e. The Hall–Kier alpha value is -1.90. The first-order chi connectivity index (χ1) is 9.86. The molecule has 0 bridgehead atoms. The number of alkyl halides is 4. The zero-order chi connectivity index (χ0) is 15.9. The van der Waals surface area contributed by atoms with Crippen molar-refractivity contribution in [1.82, 2.24) is 10.3 Å². The number of hydrogen-bond acceptors (Lipinski definition) is 4. The quantitative estimate of drug-likeness (QED) is 0.563. The van der Waals surface area contributed by atoms with Gasteiger partial charge in [0, 0.05) is 25.4 Å². The maximum absolute atomic E-state index is 12.6. The third-order valence-corrected chi connectivity index (χ3v) is 2.35. The lowest BCUT2D eigenvalue weighted by molar-refractivity contribution is -0.148. The van der Waals surface area contributed by atoms with Crippen molar-refractivity contribution >= 4 is 5.91 Å². The molecule has 1 amide bonds. The summed E-state index contributed by atoms with van der Waals surface area (Å²) in [4.78, 5) is 15.1. The molecule has 0 aliphatic carbocycles. The Labute approximate surface area is 117 Å². The molecule has 0 aliphatic heterocycles. The van der Waals surface area contributed by atoms with Gasteiger partial charge in [0.05, 0.1) is 5.56 Å². The third-order valence-electron chi connectivity index (χ3n) is 2.35. The van der Waals surface area contributed by atoms with Crippen molar-refractivity contribution in [3.05, 3.63) is 23.9 Å². The molecule has 0 saturated heterocycles. The summed E-state index contributed by atoms with van der Waals surface area (Å²) in [7, 11) is 0. The SMILES string of the molecule is O=C(NCCCO)c1ccc(OCC(F)(F)C(F)F)nc1. The summed E-state index contributed by atoms with van der Waals surface area (Å²) in [6, 6.07) is 2.39. The first-order valence-corrected chi connectivity index (χ1v) is 6.00. The van der Waals surface area contributed by atoms with Gasteiger partial charge in [-0.2, -0.15) is 8.78 Å². The average molecular weight is 310 g/mol. The van der Waals surface area contributed by atoms with Gasteiger partial charge in [-0.1, -0.05) is 0 Å². The predicted molar refractivity (Wildman–Crippen MR) is 64.7 cm³/mol. The Bertz CT molecular complexity index is 454. The highest BCUT2D eigenvalue weighted by atomic mass is 19.3. The van der Waals surface area contributed by atoms with E-state index in [4.69, 9.17) is 5.11 Å². The molecule has 2 N–H and O–H groups in total. The molecule has 1 heterocycles. The molecule has 0 aliphatic rings. The maximum atomic E-state index is 12.6. The zero-order valence-electron chi connectivity index (χ0n) is 10.9. The summed E-state index contributed by atoms with van der Waals surface area (Å²) < 4.78 is 53.5. The zero-order valence-corrected chi connectivity index (χ0v) is 10.9. The van der Waals surface area contributed by atoms with Crippen LogP contribution in [0.4, 0.5) is 17.6 Å². The highest BCUT2D eigenvalue weighted by Gasteiger charge is 2.41. The predicted octanol–water partition coefficient (Wildman–Crippen LogP) is 1.47. The monoisotopic (exact) mass is 310 g/mol. The molecule has 0 radical (unpaired) electrons. The van der Waals surface area contributed by atoms with Gasteiger partial charge < -0.3 is 15.2 Å². The van der Waals surface area contributed by atoms with Crippen LogP contribution in [0.5, 0.6) is 5.88 Å². The summed E-state index contributed by atoms with van der Waals surface area (Å²) in [6.07, 6.45) is -2.36. The highest BCUT2D eigenvalue weighted by Crippen LogP contribution is 2.23. The number of aliphatic hydroxyl groups is 1. The van der Waals surface area contributed by atoms with Crippen LogP contribution in [0.15, 0.2) is 18.3 Å². The van der Waals surface area contributed by atoms with E-state index in [1.807, 2.05) is 0 Å². The van der Waals surface area contributed by atoms with E-state index in [1.165, 1.54) is 6.07 Å². The average Bonchev–Trinajstić information content (AvgIpc) is 2.45. The van der Waals surface area contributed by atoms with Gasteiger partial charge in [-0.3, -0.25) is 4.79 Å². The van der Waals surface area contributed by atoms with Crippen LogP contribution in [-0.2, 0) is 0 Å². The minimum Gasteiger partial charge on any atom is -0.471 e. The lowest BCUT2D eigenvalue weighted by Crippen LogP contribution is -2.33. The number of aliphatic hydroxyl groups excluding tert-OH is 1. The lowest BCUT2D eigenvalue weighted by atomic mass is 10.2. The number of hydrogen-bond donors (Lipinski definition) is 2. The molecule has 0 fully saturated rings. The summed E-state index contributed by atoms with van der Waals surface area (Å²) in [5.74, 6) is -5.01. The standard InChI is InChI=1S/C12H14F4N2O3/c13-11(14)12(15,16)7-21-9-3-2-8(6-18-9)10(20)17-4-1-5-19/h2-3,6,11,19H,1,4-5,7H2,(H,17,20). The molecule has 0 aromatic carbocycles. The van der Waals surface area contributed by atoms with E-state index >= 15 is 0 Å². The van der Waals surface area contributed by atoms with Crippen LogP contribution in [0.1, 0.15) is 16.8 Å². The second-order valence-electron chi connectivity index (χ2n) is 4.07. The van der Waals surface area contributed by atoms with Crippen molar-refractivity contribution < 1.29 is 32.2 Å². The lowest BCUT2D eigenvalue weighted by Gasteiger charge is -2.15. The van der Waals surface area contributed by atoms with E-state index in [2.05, 4.69) is 15.0 Å². The van der Waals surface area contributed by atoms with Gasteiger partial charge in [-0.05, 0) is 12.5 Å². The van der Waals surface area contributed by atoms with Gasteiger partial charge >= 0.3 is 12.3 Å².